The Hall–Kier alpha value is -3.60. The van der Waals surface area contributed by atoms with E-state index >= 15 is 0 Å². The number of methoxy groups -OCH3 is 1. The molecule has 0 saturated carbocycles. The summed E-state index contributed by atoms with van der Waals surface area (Å²) >= 11 is 1.14. The largest absolute Gasteiger partial charge is 0.492 e. The number of thioether (sulfide) groups is 1. The van der Waals surface area contributed by atoms with Gasteiger partial charge in [-0.25, -0.2) is 13.8 Å². The van der Waals surface area contributed by atoms with Crippen LogP contribution in [0.3, 0.4) is 0 Å². The molecular weight excluding hydrogens is 496 g/mol. The molecular formula is C26H35F2N7OS. The lowest BCUT2D eigenvalue weighted by Crippen LogP contribution is -2.26. The summed E-state index contributed by atoms with van der Waals surface area (Å²) in [7, 11) is 4.79. The fraction of sp³-hybridized carbons (Fsp3) is 0.346. The average Bonchev–Trinajstić information content (AvgIpc) is 3.30. The number of nitrogens with zero attached hydrogens (tertiary/aromatic N) is 4. The molecule has 0 aliphatic rings. The second kappa shape index (κ2) is 13.6. The van der Waals surface area contributed by atoms with Gasteiger partial charge in [0.2, 0.25) is 0 Å². The third-order valence-corrected chi connectivity index (χ3v) is 6.41. The number of rotatable bonds is 10. The number of nitrogens with one attached hydrogen (secondary N) is 2. The number of amidine groups is 1. The standard InChI is InChI=1S/C26H35F2N7OS/c1-9-15(2)22(18(13-29)14-30-5)25(36-7)26(32-21-12-16(3)33-34-21)31-17(4)35(6)19-10-11-20(37-8)24(28)23(19)27/h10-14H,9,29H2,1-8H3,(H2,32,33,34)/b18-13+,22-15+,26-25-,30-14?,31-17+. The number of aryl methyl sites for hydroxylation is 1. The van der Waals surface area contributed by atoms with Gasteiger partial charge >= 0.3 is 0 Å². The molecule has 1 aromatic heterocycles. The Morgan fingerprint density at radius 3 is 2.51 bits per heavy atom. The second-order valence-corrected chi connectivity index (χ2v) is 8.94. The van der Waals surface area contributed by atoms with Crippen molar-refractivity contribution in [3.05, 3.63) is 70.0 Å². The molecule has 2 rings (SSSR count). The second-order valence-electron chi connectivity index (χ2n) is 8.09. The summed E-state index contributed by atoms with van der Waals surface area (Å²) in [6.07, 6.45) is 5.49. The van der Waals surface area contributed by atoms with Gasteiger partial charge in [0.25, 0.3) is 0 Å². The Balaban J connectivity index is 2.78. The van der Waals surface area contributed by atoms with Crippen LogP contribution in [0.25, 0.3) is 0 Å². The zero-order valence-corrected chi connectivity index (χ0v) is 23.3. The molecule has 2 aromatic rings. The molecule has 1 aromatic carbocycles. The van der Waals surface area contributed by atoms with E-state index in [2.05, 4.69) is 20.5 Å². The van der Waals surface area contributed by atoms with E-state index in [9.17, 15) is 8.78 Å². The molecule has 0 saturated heterocycles. The minimum absolute atomic E-state index is 0.0478. The Morgan fingerprint density at radius 1 is 1.30 bits per heavy atom. The molecule has 1 heterocycles. The maximum Gasteiger partial charge on any atom is 0.183 e. The minimum atomic E-state index is -0.952. The van der Waals surface area contributed by atoms with Crippen molar-refractivity contribution < 1.29 is 13.5 Å². The van der Waals surface area contributed by atoms with E-state index in [1.807, 2.05) is 20.8 Å². The quantitative estimate of drug-likeness (QED) is 0.118. The third-order valence-electron chi connectivity index (χ3n) is 5.66. The summed E-state index contributed by atoms with van der Waals surface area (Å²) in [6, 6.07) is 4.87. The molecule has 0 atom stereocenters. The molecule has 0 aliphatic heterocycles. The van der Waals surface area contributed by atoms with E-state index in [1.165, 1.54) is 30.3 Å². The van der Waals surface area contributed by atoms with Crippen LogP contribution in [-0.2, 0) is 4.74 Å². The maximum atomic E-state index is 14.9. The van der Waals surface area contributed by atoms with Crippen LogP contribution >= 0.6 is 11.8 Å². The number of nitrogens with two attached hydrogens (primary N) is 1. The number of benzene rings is 1. The summed E-state index contributed by atoms with van der Waals surface area (Å²) in [5.74, 6) is -0.301. The number of hydrogen-bond donors (Lipinski definition) is 3. The van der Waals surface area contributed by atoms with Crippen molar-refractivity contribution in [3.8, 4) is 0 Å². The lowest BCUT2D eigenvalue weighted by atomic mass is 9.98. The molecule has 8 nitrogen and oxygen atoms in total. The van der Waals surface area contributed by atoms with Gasteiger partial charge in [0, 0.05) is 54.3 Å². The number of aromatic amines is 1. The summed E-state index contributed by atoms with van der Waals surface area (Å²) in [5.41, 5.74) is 9.16. The van der Waals surface area contributed by atoms with Gasteiger partial charge in [0.05, 0.1) is 12.8 Å². The highest BCUT2D eigenvalue weighted by Gasteiger charge is 2.22. The molecule has 200 valence electrons. The Bertz CT molecular complexity index is 1260. The van der Waals surface area contributed by atoms with Gasteiger partial charge in [-0.3, -0.25) is 10.1 Å². The Morgan fingerprint density at radius 2 is 2.00 bits per heavy atom. The highest BCUT2D eigenvalue weighted by atomic mass is 32.2. The summed E-state index contributed by atoms with van der Waals surface area (Å²) in [6.45, 7) is 7.54. The van der Waals surface area contributed by atoms with E-state index in [0.717, 1.165) is 23.0 Å². The lowest BCUT2D eigenvalue weighted by molar-refractivity contribution is 0.297. The molecule has 0 bridgehead atoms. The van der Waals surface area contributed by atoms with Crippen LogP contribution in [0.15, 0.2) is 67.6 Å². The first-order chi connectivity index (χ1) is 17.6. The number of aliphatic imine (C=N–C) groups is 2. The SMILES string of the molecule is CC/C(C)=C(C(\C=NC)=C\N)/C(OC)=C(\N=C(/C)N(C)c1ccc(SC)c(F)c1F)Nc1cc(C)[nH]n1. The van der Waals surface area contributed by atoms with Gasteiger partial charge in [-0.1, -0.05) is 12.5 Å². The van der Waals surface area contributed by atoms with Crippen molar-refractivity contribution >= 4 is 35.3 Å². The third kappa shape index (κ3) is 7.00. The van der Waals surface area contributed by atoms with Crippen LogP contribution in [-0.4, -0.2) is 49.7 Å². The molecule has 0 fully saturated rings. The first-order valence-electron chi connectivity index (χ1n) is 11.6. The van der Waals surface area contributed by atoms with Crippen LogP contribution in [0, 0.1) is 18.6 Å². The van der Waals surface area contributed by atoms with Gasteiger partial charge in [0.1, 0.15) is 5.84 Å². The average molecular weight is 532 g/mol. The van der Waals surface area contributed by atoms with Crippen molar-refractivity contribution in [2.45, 2.75) is 39.0 Å². The molecule has 4 N–H and O–H groups in total. The molecule has 0 amide bonds. The van der Waals surface area contributed by atoms with Crippen LogP contribution in [0.1, 0.15) is 32.9 Å². The van der Waals surface area contributed by atoms with Gasteiger partial charge in [-0.15, -0.1) is 11.8 Å². The summed E-state index contributed by atoms with van der Waals surface area (Å²) in [5, 5.41) is 10.3. The molecule has 0 unspecified atom stereocenters. The van der Waals surface area contributed by atoms with Crippen LogP contribution in [0.2, 0.25) is 0 Å². The van der Waals surface area contributed by atoms with E-state index in [0.29, 0.717) is 40.8 Å². The monoisotopic (exact) mass is 531 g/mol. The van der Waals surface area contributed by atoms with Crippen LogP contribution in [0.4, 0.5) is 20.3 Å². The van der Waals surface area contributed by atoms with Gasteiger partial charge < -0.3 is 20.7 Å². The Kier molecular flexibility index (Phi) is 10.9. The minimum Gasteiger partial charge on any atom is -0.492 e. The number of anilines is 2. The first kappa shape index (κ1) is 29.6. The molecule has 37 heavy (non-hydrogen) atoms. The van der Waals surface area contributed by atoms with Crippen molar-refractivity contribution in [1.29, 1.82) is 0 Å². The number of allylic oxidation sites excluding steroid dienone is 2. The van der Waals surface area contributed by atoms with Crippen molar-refractivity contribution in [2.24, 2.45) is 15.7 Å². The number of halogens is 2. The molecule has 0 spiro atoms. The first-order valence-corrected chi connectivity index (χ1v) is 12.8. The zero-order chi connectivity index (χ0) is 27.7. The normalized spacial score (nSPS) is 14.0. The van der Waals surface area contributed by atoms with E-state index < -0.39 is 11.6 Å². The molecule has 0 aliphatic carbocycles. The van der Waals surface area contributed by atoms with E-state index in [-0.39, 0.29) is 10.6 Å². The lowest BCUT2D eigenvalue weighted by Gasteiger charge is -2.22. The smallest absolute Gasteiger partial charge is 0.183 e. The van der Waals surface area contributed by atoms with Gasteiger partial charge in [-0.2, -0.15) is 5.10 Å². The highest BCUT2D eigenvalue weighted by molar-refractivity contribution is 7.98. The van der Waals surface area contributed by atoms with Crippen molar-refractivity contribution in [3.63, 3.8) is 0 Å². The fourth-order valence-corrected chi connectivity index (χ4v) is 3.96. The van der Waals surface area contributed by atoms with Gasteiger partial charge in [0.15, 0.2) is 29.0 Å². The van der Waals surface area contributed by atoms with E-state index in [4.69, 9.17) is 15.5 Å². The zero-order valence-electron chi connectivity index (χ0n) is 22.5. The maximum absolute atomic E-state index is 14.9. The van der Waals surface area contributed by atoms with Crippen LogP contribution in [0.5, 0.6) is 0 Å². The number of aromatic nitrogens is 2. The Labute approximate surface area is 221 Å². The number of ether oxygens (including phenoxy) is 1. The molecule has 11 heteroatoms. The number of hydrogen-bond acceptors (Lipinski definition) is 7. The summed E-state index contributed by atoms with van der Waals surface area (Å²) in [4.78, 5) is 10.6. The predicted octanol–water partition coefficient (Wildman–Crippen LogP) is 5.77. The van der Waals surface area contributed by atoms with E-state index in [1.54, 1.807) is 39.6 Å². The van der Waals surface area contributed by atoms with Gasteiger partial charge in [-0.05, 0) is 45.6 Å². The fourth-order valence-electron chi connectivity index (χ4n) is 3.48. The summed E-state index contributed by atoms with van der Waals surface area (Å²) < 4.78 is 35.3. The molecule has 0 radical (unpaired) electrons. The number of H-pyrrole nitrogens is 1. The predicted molar refractivity (Wildman–Crippen MR) is 150 cm³/mol. The van der Waals surface area contributed by atoms with Crippen LogP contribution < -0.4 is 16.0 Å². The topological polar surface area (TPSA) is 104 Å². The van der Waals surface area contributed by atoms with Crippen molar-refractivity contribution in [1.82, 2.24) is 10.2 Å². The highest BCUT2D eigenvalue weighted by Crippen LogP contribution is 2.31. The van der Waals surface area contributed by atoms with Crippen molar-refractivity contribution in [2.75, 3.05) is 37.7 Å².